The monoisotopic (exact) mass is 502 g/mol. The predicted molar refractivity (Wildman–Crippen MR) is 125 cm³/mol. The van der Waals surface area contributed by atoms with Gasteiger partial charge in [0.2, 0.25) is 5.91 Å². The van der Waals surface area contributed by atoms with Crippen molar-refractivity contribution in [2.24, 2.45) is 0 Å². The standard InChI is InChI=1S/C24H22ClF3N6O/c1-13-8-20(32-33(13)11-15-4-3-5-17(25)9-15)30-21(35)12-34-23-22(14(2)31-34)18(24(26,27)28)10-19(29-23)16-6-7-16/h3-5,8-10,16H,6-7,11-12H2,1-2H3,(H,30,32,35). The second-order valence-electron chi connectivity index (χ2n) is 8.82. The Morgan fingerprint density at radius 3 is 2.60 bits per heavy atom. The number of halogens is 4. The number of amides is 1. The molecule has 3 aromatic heterocycles. The highest BCUT2D eigenvalue weighted by Gasteiger charge is 2.37. The van der Waals surface area contributed by atoms with Gasteiger partial charge < -0.3 is 5.32 Å². The Balaban J connectivity index is 1.38. The highest BCUT2D eigenvalue weighted by atomic mass is 35.5. The largest absolute Gasteiger partial charge is 0.417 e. The van der Waals surface area contributed by atoms with E-state index in [-0.39, 0.29) is 29.2 Å². The van der Waals surface area contributed by atoms with Crippen LogP contribution in [0.25, 0.3) is 11.0 Å². The Kier molecular flexibility index (Phi) is 5.79. The number of hydrogen-bond donors (Lipinski definition) is 1. The number of fused-ring (bicyclic) bond motifs is 1. The second kappa shape index (κ2) is 8.67. The first kappa shape index (κ1) is 23.3. The number of anilines is 1. The fourth-order valence-electron chi connectivity index (χ4n) is 4.15. The first-order valence-corrected chi connectivity index (χ1v) is 11.5. The summed E-state index contributed by atoms with van der Waals surface area (Å²) in [5.41, 5.74) is 1.66. The third-order valence-electron chi connectivity index (χ3n) is 5.96. The van der Waals surface area contributed by atoms with E-state index < -0.39 is 17.6 Å². The Labute approximate surface area is 203 Å². The fourth-order valence-corrected chi connectivity index (χ4v) is 4.37. The van der Waals surface area contributed by atoms with Crippen LogP contribution in [0.4, 0.5) is 19.0 Å². The van der Waals surface area contributed by atoms with Crippen molar-refractivity contribution in [3.63, 3.8) is 0 Å². The molecule has 0 atom stereocenters. The molecule has 1 N–H and O–H groups in total. The Morgan fingerprint density at radius 2 is 1.91 bits per heavy atom. The summed E-state index contributed by atoms with van der Waals surface area (Å²) >= 11 is 6.05. The van der Waals surface area contributed by atoms with Crippen LogP contribution >= 0.6 is 11.6 Å². The van der Waals surface area contributed by atoms with Gasteiger partial charge in [0.15, 0.2) is 11.5 Å². The number of alkyl halides is 3. The van der Waals surface area contributed by atoms with Crippen LogP contribution in [0, 0.1) is 13.8 Å². The van der Waals surface area contributed by atoms with Crippen molar-refractivity contribution in [3.8, 4) is 0 Å². The molecule has 1 aliphatic rings. The van der Waals surface area contributed by atoms with E-state index in [1.54, 1.807) is 16.8 Å². The van der Waals surface area contributed by atoms with Gasteiger partial charge in [-0.25, -0.2) is 9.67 Å². The maximum atomic E-state index is 13.8. The Morgan fingerprint density at radius 1 is 1.14 bits per heavy atom. The maximum absolute atomic E-state index is 13.8. The molecule has 0 spiro atoms. The van der Waals surface area contributed by atoms with Crippen LogP contribution in [-0.4, -0.2) is 30.5 Å². The lowest BCUT2D eigenvalue weighted by atomic mass is 10.1. The van der Waals surface area contributed by atoms with E-state index in [1.165, 1.54) is 11.6 Å². The maximum Gasteiger partial charge on any atom is 0.417 e. The Bertz CT molecular complexity index is 1440. The van der Waals surface area contributed by atoms with Gasteiger partial charge in [-0.05, 0) is 50.5 Å². The molecule has 1 amide bonds. The van der Waals surface area contributed by atoms with Crippen LogP contribution in [0.5, 0.6) is 0 Å². The summed E-state index contributed by atoms with van der Waals surface area (Å²) in [6.07, 6.45) is -2.93. The summed E-state index contributed by atoms with van der Waals surface area (Å²) in [5.74, 6) is -0.108. The van der Waals surface area contributed by atoms with Crippen LogP contribution in [0.2, 0.25) is 5.02 Å². The molecule has 5 rings (SSSR count). The van der Waals surface area contributed by atoms with E-state index in [1.807, 2.05) is 25.1 Å². The highest BCUT2D eigenvalue weighted by Crippen LogP contribution is 2.43. The Hall–Kier alpha value is -3.40. The number of hydrogen-bond acceptors (Lipinski definition) is 4. The molecule has 1 fully saturated rings. The molecule has 0 radical (unpaired) electrons. The van der Waals surface area contributed by atoms with Crippen molar-refractivity contribution in [3.05, 3.63) is 69.6 Å². The number of aromatic nitrogens is 5. The first-order valence-electron chi connectivity index (χ1n) is 11.1. The molecule has 35 heavy (non-hydrogen) atoms. The summed E-state index contributed by atoms with van der Waals surface area (Å²) in [7, 11) is 0. The lowest BCUT2D eigenvalue weighted by Gasteiger charge is -2.11. The lowest BCUT2D eigenvalue weighted by molar-refractivity contribution is -0.136. The second-order valence-corrected chi connectivity index (χ2v) is 9.25. The minimum Gasteiger partial charge on any atom is -0.308 e. The van der Waals surface area contributed by atoms with Gasteiger partial charge in [-0.1, -0.05) is 23.7 Å². The van der Waals surface area contributed by atoms with Crippen molar-refractivity contribution in [1.29, 1.82) is 0 Å². The minimum atomic E-state index is -4.54. The quantitative estimate of drug-likeness (QED) is 0.378. The van der Waals surface area contributed by atoms with Gasteiger partial charge in [0.25, 0.3) is 0 Å². The molecule has 1 aromatic carbocycles. The van der Waals surface area contributed by atoms with Crippen LogP contribution in [0.15, 0.2) is 36.4 Å². The van der Waals surface area contributed by atoms with E-state index in [0.717, 1.165) is 30.2 Å². The van der Waals surface area contributed by atoms with Crippen molar-refractivity contribution < 1.29 is 18.0 Å². The molecule has 11 heteroatoms. The first-order chi connectivity index (χ1) is 16.6. The van der Waals surface area contributed by atoms with E-state index >= 15 is 0 Å². The summed E-state index contributed by atoms with van der Waals surface area (Å²) in [6, 6.07) is 10.2. The van der Waals surface area contributed by atoms with Gasteiger partial charge in [0.1, 0.15) is 6.54 Å². The fraction of sp³-hybridized carbons (Fsp3) is 0.333. The normalized spacial score (nSPS) is 14.0. The number of benzene rings is 1. The number of aryl methyl sites for hydroxylation is 2. The highest BCUT2D eigenvalue weighted by molar-refractivity contribution is 6.30. The predicted octanol–water partition coefficient (Wildman–Crippen LogP) is 5.48. The van der Waals surface area contributed by atoms with Gasteiger partial charge in [-0.2, -0.15) is 23.4 Å². The summed E-state index contributed by atoms with van der Waals surface area (Å²) in [4.78, 5) is 17.2. The zero-order valence-electron chi connectivity index (χ0n) is 19.0. The van der Waals surface area contributed by atoms with Gasteiger partial charge in [-0.15, -0.1) is 0 Å². The van der Waals surface area contributed by atoms with Crippen molar-refractivity contribution >= 4 is 34.4 Å². The molecule has 1 saturated carbocycles. The third kappa shape index (κ3) is 4.88. The molecule has 0 unspecified atom stereocenters. The van der Waals surface area contributed by atoms with Crippen molar-refractivity contribution in [1.82, 2.24) is 24.5 Å². The van der Waals surface area contributed by atoms with E-state index in [0.29, 0.717) is 23.1 Å². The van der Waals surface area contributed by atoms with Crippen LogP contribution in [0.1, 0.15) is 47.0 Å². The van der Waals surface area contributed by atoms with Gasteiger partial charge in [0.05, 0.1) is 23.2 Å². The smallest absolute Gasteiger partial charge is 0.308 e. The number of nitrogens with zero attached hydrogens (tertiary/aromatic N) is 5. The number of nitrogens with one attached hydrogen (secondary N) is 1. The number of pyridine rings is 1. The molecule has 7 nitrogen and oxygen atoms in total. The van der Waals surface area contributed by atoms with E-state index in [4.69, 9.17) is 11.6 Å². The van der Waals surface area contributed by atoms with Crippen molar-refractivity contribution in [2.75, 3.05) is 5.32 Å². The number of rotatable bonds is 6. The van der Waals surface area contributed by atoms with Gasteiger partial charge >= 0.3 is 6.18 Å². The van der Waals surface area contributed by atoms with E-state index in [9.17, 15) is 18.0 Å². The number of carbonyl (C=O) groups is 1. The molecule has 0 saturated heterocycles. The average Bonchev–Trinajstić information content (AvgIpc) is 3.50. The van der Waals surface area contributed by atoms with Crippen LogP contribution < -0.4 is 5.32 Å². The minimum absolute atomic E-state index is 0.0180. The molecule has 1 aliphatic carbocycles. The summed E-state index contributed by atoms with van der Waals surface area (Å²) in [6.45, 7) is 3.53. The van der Waals surface area contributed by atoms with Crippen LogP contribution in [0.3, 0.4) is 0 Å². The molecular formula is C24H22ClF3N6O. The summed E-state index contributed by atoms with van der Waals surface area (Å²) < 4.78 is 44.3. The average molecular weight is 503 g/mol. The molecule has 182 valence electrons. The zero-order valence-corrected chi connectivity index (χ0v) is 19.8. The topological polar surface area (TPSA) is 77.6 Å². The molecule has 3 heterocycles. The van der Waals surface area contributed by atoms with Crippen molar-refractivity contribution in [2.45, 2.75) is 51.9 Å². The van der Waals surface area contributed by atoms with Gasteiger partial charge in [0, 0.05) is 28.4 Å². The summed E-state index contributed by atoms with van der Waals surface area (Å²) in [5, 5.41) is 11.9. The number of carbonyl (C=O) groups excluding carboxylic acids is 1. The van der Waals surface area contributed by atoms with E-state index in [2.05, 4.69) is 20.5 Å². The molecule has 0 bridgehead atoms. The lowest BCUT2D eigenvalue weighted by Crippen LogP contribution is -2.20. The van der Waals surface area contributed by atoms with Crippen LogP contribution in [-0.2, 0) is 24.1 Å². The van der Waals surface area contributed by atoms with Gasteiger partial charge in [-0.3, -0.25) is 9.48 Å². The molecule has 0 aliphatic heterocycles. The SMILES string of the molecule is Cc1nn(CC(=O)Nc2cc(C)n(Cc3cccc(Cl)c3)n2)c2nc(C3CC3)cc(C(F)(F)F)c12. The molecular weight excluding hydrogens is 481 g/mol. The third-order valence-corrected chi connectivity index (χ3v) is 6.20. The zero-order chi connectivity index (χ0) is 24.9. The molecule has 4 aromatic rings.